The molecule has 4 aliphatic heterocycles. The van der Waals surface area contributed by atoms with Crippen molar-refractivity contribution in [2.45, 2.75) is 128 Å². The molecule has 1 N–H and O–H groups in total. The molecule has 0 saturated carbocycles. The monoisotopic (exact) mass is 978 g/mol. The van der Waals surface area contributed by atoms with Gasteiger partial charge in [0.05, 0.1) is 12.8 Å². The van der Waals surface area contributed by atoms with Crippen molar-refractivity contribution in [3.05, 3.63) is 136 Å². The summed E-state index contributed by atoms with van der Waals surface area (Å²) in [5.74, 6) is 1.73. The largest absolute Gasteiger partial charge is 0.493 e. The van der Waals surface area contributed by atoms with Crippen LogP contribution in [0.15, 0.2) is 91.0 Å². The zero-order valence-corrected chi connectivity index (χ0v) is 42.8. The SMILES string of the molecule is CCC(=O)CCC(C)SSC(C)(C)CCC(=O)Nc1cc(COc2cc3c(cc2C)C(=O)N2c4ccccc4C[C@H]2[C-]=[N+]3C)cc(COc2cc3c(cc2OC)C(=O)N2c4ccccc4C[C@H]2CC3)c1. The number of carbonyl (C=O) groups is 4. The van der Waals surface area contributed by atoms with E-state index in [2.05, 4.69) is 44.4 Å². The molecule has 1 unspecified atom stereocenters. The number of hydrogen-bond donors (Lipinski definition) is 1. The highest BCUT2D eigenvalue weighted by Crippen LogP contribution is 2.44. The first-order valence-electron chi connectivity index (χ1n) is 24.4. The normalized spacial score (nSPS) is 17.2. The van der Waals surface area contributed by atoms with Gasteiger partial charge in [-0.3, -0.25) is 19.2 Å². The van der Waals surface area contributed by atoms with Gasteiger partial charge in [-0.25, -0.2) is 0 Å². The highest BCUT2D eigenvalue weighted by atomic mass is 33.1. The van der Waals surface area contributed by atoms with E-state index in [1.54, 1.807) is 28.7 Å². The molecule has 0 radical (unpaired) electrons. The summed E-state index contributed by atoms with van der Waals surface area (Å²) in [5, 5.41) is 3.49. The van der Waals surface area contributed by atoms with Gasteiger partial charge in [0.15, 0.2) is 11.5 Å². The minimum absolute atomic E-state index is 0.0267. The number of fused-ring (bicyclic) bond motifs is 8. The summed E-state index contributed by atoms with van der Waals surface area (Å²) < 4.78 is 20.7. The number of amides is 3. The lowest BCUT2D eigenvalue weighted by Crippen LogP contribution is -2.38. The van der Waals surface area contributed by atoms with Crippen LogP contribution in [0.5, 0.6) is 17.2 Å². The van der Waals surface area contributed by atoms with Gasteiger partial charge in [-0.05, 0) is 141 Å². The summed E-state index contributed by atoms with van der Waals surface area (Å²) in [6.07, 6.45) is 9.62. The van der Waals surface area contributed by atoms with Crippen LogP contribution in [0, 0.1) is 6.92 Å². The summed E-state index contributed by atoms with van der Waals surface area (Å²) in [6.45, 7) is 10.6. The fourth-order valence-corrected chi connectivity index (χ4v) is 12.6. The van der Waals surface area contributed by atoms with Crippen molar-refractivity contribution in [2.24, 2.45) is 0 Å². The molecule has 9 rings (SSSR count). The molecule has 70 heavy (non-hydrogen) atoms. The van der Waals surface area contributed by atoms with E-state index in [0.717, 1.165) is 70.6 Å². The number of Topliss-reactive ketones (excluding diaryl/α,β-unsaturated/α-hetero) is 1. The lowest BCUT2D eigenvalue weighted by molar-refractivity contribution is -0.401. The van der Waals surface area contributed by atoms with Crippen molar-refractivity contribution >= 4 is 74.1 Å². The quantitative estimate of drug-likeness (QED) is 0.0520. The van der Waals surface area contributed by atoms with E-state index in [4.69, 9.17) is 14.2 Å². The van der Waals surface area contributed by atoms with Crippen LogP contribution in [-0.2, 0) is 42.1 Å². The van der Waals surface area contributed by atoms with Crippen molar-refractivity contribution < 1.29 is 38.0 Å². The van der Waals surface area contributed by atoms with Crippen LogP contribution in [-0.4, -0.2) is 70.5 Å². The first kappa shape index (κ1) is 49.0. The van der Waals surface area contributed by atoms with Crippen molar-refractivity contribution in [3.8, 4) is 17.2 Å². The number of aryl methyl sites for hydroxylation is 2. The summed E-state index contributed by atoms with van der Waals surface area (Å²) in [4.78, 5) is 57.7. The molecule has 0 aliphatic carbocycles. The number of anilines is 3. The van der Waals surface area contributed by atoms with Crippen LogP contribution < -0.4 is 29.3 Å². The van der Waals surface area contributed by atoms with E-state index in [1.807, 2.05) is 114 Å². The second kappa shape index (κ2) is 20.7. The van der Waals surface area contributed by atoms with E-state index < -0.39 is 0 Å². The molecule has 5 aromatic rings. The number of benzene rings is 5. The third-order valence-electron chi connectivity index (χ3n) is 13.8. The molecule has 0 fully saturated rings. The number of ether oxygens (including phenoxy) is 3. The predicted octanol–water partition coefficient (Wildman–Crippen LogP) is 11.5. The number of nitrogens with one attached hydrogen (secondary N) is 1. The van der Waals surface area contributed by atoms with Crippen LogP contribution in [0.25, 0.3) is 0 Å². The van der Waals surface area contributed by atoms with Gasteiger partial charge in [0, 0.05) is 75.7 Å². The highest BCUT2D eigenvalue weighted by Gasteiger charge is 2.38. The summed E-state index contributed by atoms with van der Waals surface area (Å²) >= 11 is 0. The van der Waals surface area contributed by atoms with Gasteiger partial charge in [-0.2, -0.15) is 0 Å². The smallest absolute Gasteiger partial charge is 0.258 e. The number of ketones is 1. The third kappa shape index (κ3) is 10.5. The van der Waals surface area contributed by atoms with E-state index >= 15 is 0 Å². The topological polar surface area (TPSA) is 117 Å². The Morgan fingerprint density at radius 3 is 2.21 bits per heavy atom. The Balaban J connectivity index is 0.937. The van der Waals surface area contributed by atoms with Gasteiger partial charge < -0.3 is 33.9 Å². The van der Waals surface area contributed by atoms with E-state index in [-0.39, 0.29) is 53.5 Å². The van der Waals surface area contributed by atoms with Gasteiger partial charge in [0.25, 0.3) is 5.91 Å². The Kier molecular flexibility index (Phi) is 14.5. The number of carbonyl (C=O) groups excluding carboxylic acids is 4. The number of hydrogen-bond acceptors (Lipinski definition) is 9. The molecule has 0 bridgehead atoms. The Labute approximate surface area is 419 Å². The lowest BCUT2D eigenvalue weighted by Gasteiger charge is -2.24. The van der Waals surface area contributed by atoms with Crippen molar-refractivity contribution in [1.29, 1.82) is 0 Å². The molecular weight excluding hydrogens is 917 g/mol. The van der Waals surface area contributed by atoms with Crippen molar-refractivity contribution in [1.82, 2.24) is 0 Å². The Hall–Kier alpha value is -6.05. The second-order valence-electron chi connectivity index (χ2n) is 19.6. The predicted molar refractivity (Wildman–Crippen MR) is 281 cm³/mol. The van der Waals surface area contributed by atoms with E-state index in [0.29, 0.717) is 71.4 Å². The fourth-order valence-electron chi connectivity index (χ4n) is 9.95. The number of nitrogens with zero attached hydrogens (tertiary/aromatic N) is 3. The molecule has 0 spiro atoms. The summed E-state index contributed by atoms with van der Waals surface area (Å²) in [7, 11) is 7.05. The van der Waals surface area contributed by atoms with Crippen LogP contribution in [0.3, 0.4) is 0 Å². The molecule has 11 nitrogen and oxygen atoms in total. The van der Waals surface area contributed by atoms with Crippen LogP contribution in [0.2, 0.25) is 0 Å². The average Bonchev–Trinajstić information content (AvgIpc) is 3.85. The molecule has 4 heterocycles. The zero-order valence-electron chi connectivity index (χ0n) is 41.2. The third-order valence-corrected chi connectivity index (χ3v) is 17.8. The molecule has 4 aliphatic rings. The standard InChI is InChI=1S/C57H62N4O7S2/c1-8-45(62)20-17-36(3)69-70-57(4,5)22-21-54(63)58-42-25-37(33-67-51-31-50-47(23-35(51)2)56(65)61-44(32-59(50)6)28-41-14-10-12-16-49(41)61)24-38(26-42)34-68-53-29-39-18-19-43-27-40-13-9-11-15-48(40)60(43)55(64)46(39)30-52(53)66-7/h9-16,23-26,29-31,36,43-44H,8,17-22,27-28,33-34H2,1-7H3,(H,58,63)/t36?,43-,44+/m1/s1. The Bertz CT molecular complexity index is 2900. The Morgan fingerprint density at radius 1 is 0.829 bits per heavy atom. The van der Waals surface area contributed by atoms with E-state index in [1.165, 1.54) is 5.56 Å². The van der Waals surface area contributed by atoms with Gasteiger partial charge in [0.2, 0.25) is 11.8 Å². The number of methoxy groups -OCH3 is 1. The molecule has 364 valence electrons. The van der Waals surface area contributed by atoms with Crippen LogP contribution in [0.1, 0.15) is 120 Å². The second-order valence-corrected chi connectivity index (χ2v) is 22.9. The summed E-state index contributed by atoms with van der Waals surface area (Å²) in [6, 6.07) is 29.5. The fraction of sp³-hybridized carbons (Fsp3) is 0.386. The molecule has 0 saturated heterocycles. The van der Waals surface area contributed by atoms with E-state index in [9.17, 15) is 19.2 Å². The maximum absolute atomic E-state index is 14.2. The minimum Gasteiger partial charge on any atom is -0.493 e. The number of rotatable bonds is 18. The Morgan fingerprint density at radius 2 is 1.50 bits per heavy atom. The van der Waals surface area contributed by atoms with Crippen molar-refractivity contribution in [2.75, 3.05) is 29.3 Å². The molecule has 13 heteroatoms. The van der Waals surface area contributed by atoms with Gasteiger partial charge in [-0.1, -0.05) is 77.9 Å². The van der Waals surface area contributed by atoms with Crippen LogP contribution in [0.4, 0.5) is 22.7 Å². The molecule has 3 atom stereocenters. The van der Waals surface area contributed by atoms with Gasteiger partial charge >= 0.3 is 0 Å². The maximum atomic E-state index is 14.2. The van der Waals surface area contributed by atoms with Gasteiger partial charge in [-0.15, -0.1) is 0 Å². The first-order valence-corrected chi connectivity index (χ1v) is 26.6. The first-order chi connectivity index (χ1) is 33.7. The number of para-hydroxylation sites is 2. The molecule has 5 aromatic carbocycles. The molecule has 0 aromatic heterocycles. The average molecular weight is 979 g/mol. The lowest BCUT2D eigenvalue weighted by atomic mass is 9.99. The summed E-state index contributed by atoms with van der Waals surface area (Å²) in [5.41, 5.74) is 10.1. The molecular formula is C57H62N4O7S2. The van der Waals surface area contributed by atoms with Crippen molar-refractivity contribution in [3.63, 3.8) is 0 Å². The van der Waals surface area contributed by atoms with Gasteiger partial charge in [0.1, 0.15) is 31.8 Å². The van der Waals surface area contributed by atoms with Crippen LogP contribution >= 0.6 is 21.6 Å². The minimum atomic E-state index is -0.213. The maximum Gasteiger partial charge on any atom is 0.258 e. The highest BCUT2D eigenvalue weighted by molar-refractivity contribution is 8.77. The molecule has 3 amide bonds. The zero-order chi connectivity index (χ0) is 49.3.